The normalized spacial score (nSPS) is 11.5. The lowest BCUT2D eigenvalue weighted by atomic mass is 9.95. The predicted molar refractivity (Wildman–Crippen MR) is 83.8 cm³/mol. The minimum atomic E-state index is -0.988. The minimum Gasteiger partial charge on any atom is -0.481 e. The van der Waals surface area contributed by atoms with Gasteiger partial charge >= 0.3 is 18.0 Å². The Hall–Kier alpha value is -2.42. The van der Waals surface area contributed by atoms with Crippen molar-refractivity contribution in [3.63, 3.8) is 0 Å². The molecule has 1 aromatic rings. The van der Waals surface area contributed by atoms with E-state index in [4.69, 9.17) is 14.9 Å². The number of ether oxygens (including phenoxy) is 1. The van der Waals surface area contributed by atoms with E-state index in [1.54, 1.807) is 5.38 Å². The summed E-state index contributed by atoms with van der Waals surface area (Å²) in [5, 5.41) is 22.0. The van der Waals surface area contributed by atoms with Gasteiger partial charge in [-0.2, -0.15) is 0 Å². The fourth-order valence-corrected chi connectivity index (χ4v) is 2.63. The average molecular weight is 342 g/mol. The van der Waals surface area contributed by atoms with Gasteiger partial charge in [0.1, 0.15) is 6.61 Å². The van der Waals surface area contributed by atoms with E-state index in [9.17, 15) is 14.4 Å². The highest BCUT2D eigenvalue weighted by molar-refractivity contribution is 7.13. The summed E-state index contributed by atoms with van der Waals surface area (Å²) in [7, 11) is 0. The van der Waals surface area contributed by atoms with Crippen molar-refractivity contribution in [2.45, 2.75) is 31.6 Å². The van der Waals surface area contributed by atoms with Gasteiger partial charge in [-0.1, -0.05) is 12.7 Å². The average Bonchev–Trinajstić information content (AvgIpc) is 2.91. The Labute approximate surface area is 136 Å². The summed E-state index contributed by atoms with van der Waals surface area (Å²) in [5.74, 6) is -2.31. The lowest BCUT2D eigenvalue weighted by molar-refractivity contribution is -0.137. The van der Waals surface area contributed by atoms with Crippen molar-refractivity contribution in [3.05, 3.63) is 23.7 Å². The van der Waals surface area contributed by atoms with E-state index < -0.39 is 23.9 Å². The van der Waals surface area contributed by atoms with Crippen LogP contribution in [0.15, 0.2) is 18.0 Å². The fraction of sp³-hybridized carbons (Fsp3) is 0.429. The summed E-state index contributed by atoms with van der Waals surface area (Å²) in [6, 6.07) is 0. The first kappa shape index (κ1) is 18.6. The first-order valence-corrected chi connectivity index (χ1v) is 7.74. The van der Waals surface area contributed by atoms with Gasteiger partial charge < -0.3 is 14.9 Å². The molecule has 0 spiro atoms. The zero-order valence-electron chi connectivity index (χ0n) is 12.4. The van der Waals surface area contributed by atoms with Crippen molar-refractivity contribution in [1.82, 2.24) is 4.98 Å². The van der Waals surface area contributed by atoms with Crippen molar-refractivity contribution < 1.29 is 29.3 Å². The number of nitrogens with one attached hydrogen (secondary N) is 1. The maximum absolute atomic E-state index is 11.4. The van der Waals surface area contributed by atoms with E-state index in [0.29, 0.717) is 23.7 Å². The number of carboxylic acid groups (broad SMARTS) is 2. The molecule has 0 bridgehead atoms. The Morgan fingerprint density at radius 3 is 2.74 bits per heavy atom. The van der Waals surface area contributed by atoms with Gasteiger partial charge in [0.05, 0.1) is 12.1 Å². The molecule has 0 aromatic carbocycles. The molecule has 0 radical (unpaired) electrons. The maximum atomic E-state index is 11.4. The molecule has 8 nitrogen and oxygen atoms in total. The number of carbonyl (C=O) groups is 3. The van der Waals surface area contributed by atoms with Crippen molar-refractivity contribution >= 4 is 34.5 Å². The number of aromatic nitrogens is 1. The number of thiazole rings is 1. The second-order valence-corrected chi connectivity index (χ2v) is 5.53. The minimum absolute atomic E-state index is 0.0285. The van der Waals surface area contributed by atoms with Crippen LogP contribution in [-0.4, -0.2) is 39.8 Å². The summed E-state index contributed by atoms with van der Waals surface area (Å²) in [5.41, 5.74) is 0.516. The number of anilines is 1. The number of amides is 1. The highest BCUT2D eigenvalue weighted by atomic mass is 32.1. The number of nitrogens with zero attached hydrogens (tertiary/aromatic N) is 1. The summed E-state index contributed by atoms with van der Waals surface area (Å²) >= 11 is 1.15. The molecule has 0 aliphatic heterocycles. The van der Waals surface area contributed by atoms with Crippen molar-refractivity contribution in [2.75, 3.05) is 11.9 Å². The van der Waals surface area contributed by atoms with Crippen LogP contribution in [0.1, 0.15) is 37.3 Å². The molecule has 0 saturated carbocycles. The molecule has 3 N–H and O–H groups in total. The van der Waals surface area contributed by atoms with Crippen LogP contribution in [0.3, 0.4) is 0 Å². The first-order chi connectivity index (χ1) is 10.9. The predicted octanol–water partition coefficient (Wildman–Crippen LogP) is 2.69. The number of carbonyl (C=O) groups excluding carboxylic acids is 1. The molecule has 1 atom stereocenters. The maximum Gasteiger partial charge on any atom is 0.413 e. The van der Waals surface area contributed by atoms with Crippen LogP contribution >= 0.6 is 11.3 Å². The van der Waals surface area contributed by atoms with E-state index in [-0.39, 0.29) is 19.4 Å². The molecule has 126 valence electrons. The Balaban J connectivity index is 2.67. The lowest BCUT2D eigenvalue weighted by Gasteiger charge is -2.11. The molecule has 0 aliphatic carbocycles. The topological polar surface area (TPSA) is 126 Å². The van der Waals surface area contributed by atoms with E-state index in [2.05, 4.69) is 16.9 Å². The first-order valence-electron chi connectivity index (χ1n) is 6.86. The van der Waals surface area contributed by atoms with Crippen molar-refractivity contribution in [3.8, 4) is 0 Å². The zero-order valence-corrected chi connectivity index (χ0v) is 13.2. The van der Waals surface area contributed by atoms with Crippen LogP contribution in [0.5, 0.6) is 0 Å². The Morgan fingerprint density at radius 2 is 2.13 bits per heavy atom. The smallest absolute Gasteiger partial charge is 0.413 e. The molecule has 1 rings (SSSR count). The summed E-state index contributed by atoms with van der Waals surface area (Å²) < 4.78 is 4.76. The number of hydrogen-bond donors (Lipinski definition) is 3. The molecule has 0 saturated heterocycles. The molecular formula is C14H18N2O6S. The summed E-state index contributed by atoms with van der Waals surface area (Å²) in [6.45, 7) is 3.49. The van der Waals surface area contributed by atoms with E-state index in [1.807, 2.05) is 0 Å². The van der Waals surface area contributed by atoms with Crippen LogP contribution in [0, 0.1) is 0 Å². The fourth-order valence-electron chi connectivity index (χ4n) is 1.85. The second kappa shape index (κ2) is 9.57. The Bertz CT molecular complexity index is 571. The van der Waals surface area contributed by atoms with E-state index in [0.717, 1.165) is 11.3 Å². The van der Waals surface area contributed by atoms with Crippen LogP contribution < -0.4 is 5.32 Å². The van der Waals surface area contributed by atoms with Gasteiger partial charge in [0.15, 0.2) is 5.13 Å². The zero-order chi connectivity index (χ0) is 17.2. The number of rotatable bonds is 10. The number of carboxylic acids is 2. The van der Waals surface area contributed by atoms with Gasteiger partial charge in [-0.05, 0) is 12.8 Å². The Kier molecular flexibility index (Phi) is 7.75. The molecule has 1 unspecified atom stereocenters. The van der Waals surface area contributed by atoms with Gasteiger partial charge in [-0.3, -0.25) is 14.9 Å². The van der Waals surface area contributed by atoms with E-state index >= 15 is 0 Å². The quantitative estimate of drug-likeness (QED) is 0.558. The molecule has 0 aliphatic rings. The summed E-state index contributed by atoms with van der Waals surface area (Å²) in [4.78, 5) is 37.1. The monoisotopic (exact) mass is 342 g/mol. The van der Waals surface area contributed by atoms with Crippen LogP contribution in [-0.2, 0) is 14.3 Å². The molecule has 1 heterocycles. The van der Waals surface area contributed by atoms with Crippen LogP contribution in [0.4, 0.5) is 9.93 Å². The molecule has 1 aromatic heterocycles. The van der Waals surface area contributed by atoms with Crippen LogP contribution in [0.2, 0.25) is 0 Å². The van der Waals surface area contributed by atoms with Gasteiger partial charge in [-0.15, -0.1) is 11.3 Å². The second-order valence-electron chi connectivity index (χ2n) is 4.67. The lowest BCUT2D eigenvalue weighted by Crippen LogP contribution is -2.14. The van der Waals surface area contributed by atoms with Gasteiger partial charge in [0, 0.05) is 17.7 Å². The van der Waals surface area contributed by atoms with Gasteiger partial charge in [0.2, 0.25) is 0 Å². The number of hydrogen-bond acceptors (Lipinski definition) is 6. The largest absolute Gasteiger partial charge is 0.481 e. The highest BCUT2D eigenvalue weighted by Gasteiger charge is 2.19. The molecule has 23 heavy (non-hydrogen) atoms. The Morgan fingerprint density at radius 1 is 1.39 bits per heavy atom. The standard InChI is InChI=1S/C14H18N2O6S/c1-2-6-22-14(21)16-13-15-10(8-23-13)9(7-12(19)20)4-3-5-11(17)18/h2,8-9H,1,3-7H2,(H,17,18)(H,19,20)(H,15,16,21). The third-order valence-corrected chi connectivity index (χ3v) is 3.62. The molecular weight excluding hydrogens is 324 g/mol. The molecule has 9 heteroatoms. The van der Waals surface area contributed by atoms with Crippen LogP contribution in [0.25, 0.3) is 0 Å². The third kappa shape index (κ3) is 7.41. The van der Waals surface area contributed by atoms with Gasteiger partial charge in [-0.25, -0.2) is 9.78 Å². The van der Waals surface area contributed by atoms with Crippen molar-refractivity contribution in [1.29, 1.82) is 0 Å². The highest BCUT2D eigenvalue weighted by Crippen LogP contribution is 2.29. The van der Waals surface area contributed by atoms with Crippen molar-refractivity contribution in [2.24, 2.45) is 0 Å². The molecule has 1 amide bonds. The number of aliphatic carboxylic acids is 2. The van der Waals surface area contributed by atoms with Gasteiger partial charge in [0.25, 0.3) is 0 Å². The SMILES string of the molecule is C=CCOC(=O)Nc1nc(C(CCCC(=O)O)CC(=O)O)cs1. The third-order valence-electron chi connectivity index (χ3n) is 2.85. The van der Waals surface area contributed by atoms with E-state index in [1.165, 1.54) is 6.08 Å². The molecule has 0 fully saturated rings. The summed E-state index contributed by atoms with van der Waals surface area (Å²) in [6.07, 6.45) is 1.32.